The van der Waals surface area contributed by atoms with Crippen LogP contribution in [0.2, 0.25) is 0 Å². The predicted molar refractivity (Wildman–Crippen MR) is 74.0 cm³/mol. The lowest BCUT2D eigenvalue weighted by Gasteiger charge is -2.06. The van der Waals surface area contributed by atoms with Gasteiger partial charge >= 0.3 is 0 Å². The second-order valence-corrected chi connectivity index (χ2v) is 4.61. The molecule has 0 aliphatic carbocycles. The second kappa shape index (κ2) is 5.75. The highest BCUT2D eigenvalue weighted by Crippen LogP contribution is 2.37. The van der Waals surface area contributed by atoms with Gasteiger partial charge in [-0.1, -0.05) is 42.5 Å². The lowest BCUT2D eigenvalue weighted by molar-refractivity contribution is -0.110. The van der Waals surface area contributed by atoms with Crippen LogP contribution < -0.4 is 10.1 Å². The Morgan fingerprint density at radius 1 is 1.10 bits per heavy atom. The highest BCUT2D eigenvalue weighted by atomic mass is 16.6. The molecule has 1 aliphatic rings. The number of epoxide rings is 1. The van der Waals surface area contributed by atoms with E-state index in [9.17, 15) is 4.79 Å². The van der Waals surface area contributed by atoms with Gasteiger partial charge in [-0.3, -0.25) is 4.79 Å². The van der Waals surface area contributed by atoms with E-state index in [2.05, 4.69) is 5.32 Å². The van der Waals surface area contributed by atoms with Crippen molar-refractivity contribution in [3.63, 3.8) is 0 Å². The summed E-state index contributed by atoms with van der Waals surface area (Å²) < 4.78 is 11.0. The Labute approximate surface area is 117 Å². The van der Waals surface area contributed by atoms with E-state index in [1.807, 2.05) is 54.6 Å². The van der Waals surface area contributed by atoms with Gasteiger partial charge in [-0.05, 0) is 23.3 Å². The van der Waals surface area contributed by atoms with Crippen LogP contribution in [0.4, 0.5) is 0 Å². The van der Waals surface area contributed by atoms with Crippen LogP contribution in [-0.4, -0.2) is 12.6 Å². The summed E-state index contributed by atoms with van der Waals surface area (Å²) >= 11 is 0. The number of carbonyl (C=O) groups excluding carboxylic acids is 1. The first kappa shape index (κ1) is 12.7. The summed E-state index contributed by atoms with van der Waals surface area (Å²) in [5.41, 5.74) is 2.17. The van der Waals surface area contributed by atoms with Gasteiger partial charge in [0.25, 0.3) is 0 Å². The van der Waals surface area contributed by atoms with Crippen molar-refractivity contribution in [2.24, 2.45) is 0 Å². The number of benzene rings is 2. The first-order chi connectivity index (χ1) is 9.86. The molecule has 2 atom stereocenters. The fourth-order valence-corrected chi connectivity index (χ4v) is 2.05. The van der Waals surface area contributed by atoms with Gasteiger partial charge in [0.2, 0.25) is 6.41 Å². The second-order valence-electron chi connectivity index (χ2n) is 4.61. The molecule has 2 aromatic carbocycles. The Hall–Kier alpha value is -2.33. The van der Waals surface area contributed by atoms with E-state index >= 15 is 0 Å². The zero-order chi connectivity index (χ0) is 13.8. The van der Waals surface area contributed by atoms with E-state index in [1.54, 1.807) is 0 Å². The Kier molecular flexibility index (Phi) is 3.65. The van der Waals surface area contributed by atoms with Crippen molar-refractivity contribution in [3.8, 4) is 5.75 Å². The standard InChI is InChI=1S/C16H15NO3/c18-11-17-16-15(20-16)13-6-8-14(9-7-13)19-10-12-4-2-1-3-5-12/h1-9,11,15-16H,10H2,(H,17,18). The van der Waals surface area contributed by atoms with E-state index < -0.39 is 0 Å². The van der Waals surface area contributed by atoms with Crippen molar-refractivity contribution in [1.29, 1.82) is 0 Å². The van der Waals surface area contributed by atoms with Gasteiger partial charge in [-0.2, -0.15) is 0 Å². The summed E-state index contributed by atoms with van der Waals surface area (Å²) in [7, 11) is 0. The summed E-state index contributed by atoms with van der Waals surface area (Å²) in [6.45, 7) is 0.551. The van der Waals surface area contributed by atoms with Gasteiger partial charge < -0.3 is 14.8 Å². The fourth-order valence-electron chi connectivity index (χ4n) is 2.05. The fraction of sp³-hybridized carbons (Fsp3) is 0.188. The third kappa shape index (κ3) is 2.97. The van der Waals surface area contributed by atoms with E-state index in [4.69, 9.17) is 9.47 Å². The van der Waals surface area contributed by atoms with E-state index in [0.29, 0.717) is 13.0 Å². The number of rotatable bonds is 6. The molecule has 4 nitrogen and oxygen atoms in total. The number of ether oxygens (including phenoxy) is 2. The van der Waals surface area contributed by atoms with Gasteiger partial charge in [0, 0.05) is 0 Å². The molecule has 1 N–H and O–H groups in total. The highest BCUT2D eigenvalue weighted by molar-refractivity contribution is 5.47. The summed E-state index contributed by atoms with van der Waals surface area (Å²) in [6, 6.07) is 17.8. The predicted octanol–water partition coefficient (Wildman–Crippen LogP) is 2.41. The Balaban J connectivity index is 1.56. The molecule has 2 unspecified atom stereocenters. The van der Waals surface area contributed by atoms with E-state index in [-0.39, 0.29) is 12.3 Å². The Bertz CT molecular complexity index is 568. The molecule has 1 saturated heterocycles. The van der Waals surface area contributed by atoms with Gasteiger partial charge in [-0.15, -0.1) is 0 Å². The molecule has 20 heavy (non-hydrogen) atoms. The third-order valence-electron chi connectivity index (χ3n) is 3.18. The van der Waals surface area contributed by atoms with Crippen LogP contribution in [0, 0.1) is 0 Å². The van der Waals surface area contributed by atoms with Crippen LogP contribution in [0.15, 0.2) is 54.6 Å². The number of carbonyl (C=O) groups is 1. The average molecular weight is 269 g/mol. The minimum absolute atomic E-state index is 0.0385. The normalized spacial score (nSPS) is 20.2. The SMILES string of the molecule is O=CNC1OC1c1ccc(OCc2ccccc2)cc1. The van der Waals surface area contributed by atoms with Gasteiger partial charge in [0.15, 0.2) is 6.23 Å². The monoisotopic (exact) mass is 269 g/mol. The van der Waals surface area contributed by atoms with Crippen molar-refractivity contribution in [2.45, 2.75) is 18.9 Å². The quantitative estimate of drug-likeness (QED) is 0.647. The molecule has 0 spiro atoms. The first-order valence-corrected chi connectivity index (χ1v) is 6.48. The van der Waals surface area contributed by atoms with Gasteiger partial charge in [0.1, 0.15) is 18.5 Å². The molecule has 3 rings (SSSR count). The topological polar surface area (TPSA) is 50.9 Å². The molecule has 1 amide bonds. The molecule has 1 aliphatic heterocycles. The summed E-state index contributed by atoms with van der Waals surface area (Å²) in [4.78, 5) is 10.3. The highest BCUT2D eigenvalue weighted by Gasteiger charge is 2.39. The van der Waals surface area contributed by atoms with Crippen molar-refractivity contribution in [1.82, 2.24) is 5.32 Å². The molecule has 1 heterocycles. The molecule has 4 heteroatoms. The smallest absolute Gasteiger partial charge is 0.209 e. The average Bonchev–Trinajstić information content (AvgIpc) is 3.27. The maximum absolute atomic E-state index is 10.3. The molecule has 0 aromatic heterocycles. The van der Waals surface area contributed by atoms with Crippen LogP contribution in [0.5, 0.6) is 5.75 Å². The van der Waals surface area contributed by atoms with Crippen molar-refractivity contribution < 1.29 is 14.3 Å². The third-order valence-corrected chi connectivity index (χ3v) is 3.18. The minimum atomic E-state index is -0.191. The number of hydrogen-bond acceptors (Lipinski definition) is 3. The number of nitrogens with one attached hydrogen (secondary N) is 1. The summed E-state index contributed by atoms with van der Waals surface area (Å²) in [5, 5.41) is 2.60. The zero-order valence-corrected chi connectivity index (χ0v) is 10.9. The minimum Gasteiger partial charge on any atom is -0.489 e. The summed E-state index contributed by atoms with van der Waals surface area (Å²) in [5.74, 6) is 0.818. The van der Waals surface area contributed by atoms with E-state index in [0.717, 1.165) is 16.9 Å². The van der Waals surface area contributed by atoms with Gasteiger partial charge in [-0.25, -0.2) is 0 Å². The van der Waals surface area contributed by atoms with Crippen LogP contribution in [0.1, 0.15) is 17.2 Å². The molecule has 1 fully saturated rings. The maximum Gasteiger partial charge on any atom is 0.209 e. The lowest BCUT2D eigenvalue weighted by Crippen LogP contribution is -2.14. The van der Waals surface area contributed by atoms with Crippen LogP contribution in [0.3, 0.4) is 0 Å². The molecule has 102 valence electrons. The first-order valence-electron chi connectivity index (χ1n) is 6.48. The summed E-state index contributed by atoms with van der Waals surface area (Å²) in [6.07, 6.45) is 0.425. The Morgan fingerprint density at radius 2 is 1.85 bits per heavy atom. The van der Waals surface area contributed by atoms with Gasteiger partial charge in [0.05, 0.1) is 0 Å². The lowest BCUT2D eigenvalue weighted by atomic mass is 10.1. The van der Waals surface area contributed by atoms with Crippen molar-refractivity contribution in [3.05, 3.63) is 65.7 Å². The maximum atomic E-state index is 10.3. The van der Waals surface area contributed by atoms with Crippen molar-refractivity contribution >= 4 is 6.41 Å². The van der Waals surface area contributed by atoms with E-state index in [1.165, 1.54) is 0 Å². The Morgan fingerprint density at radius 3 is 2.55 bits per heavy atom. The largest absolute Gasteiger partial charge is 0.489 e. The molecule has 0 radical (unpaired) electrons. The number of hydrogen-bond donors (Lipinski definition) is 1. The number of amides is 1. The molecule has 2 aromatic rings. The molecular weight excluding hydrogens is 254 g/mol. The van der Waals surface area contributed by atoms with Crippen LogP contribution in [-0.2, 0) is 16.1 Å². The molecular formula is C16H15NO3. The molecule has 0 bridgehead atoms. The van der Waals surface area contributed by atoms with Crippen LogP contribution >= 0.6 is 0 Å². The van der Waals surface area contributed by atoms with Crippen LogP contribution in [0.25, 0.3) is 0 Å². The zero-order valence-electron chi connectivity index (χ0n) is 10.9. The van der Waals surface area contributed by atoms with Crippen molar-refractivity contribution in [2.75, 3.05) is 0 Å². The molecule has 0 saturated carbocycles.